The maximum Gasteiger partial charge on any atom is 0.264 e. The van der Waals surface area contributed by atoms with Crippen LogP contribution in [0.5, 0.6) is 11.6 Å². The van der Waals surface area contributed by atoms with Gasteiger partial charge in [0.1, 0.15) is 5.75 Å². The van der Waals surface area contributed by atoms with Gasteiger partial charge in [0.2, 0.25) is 15.9 Å². The summed E-state index contributed by atoms with van der Waals surface area (Å²) in [6, 6.07) is 9.89. The summed E-state index contributed by atoms with van der Waals surface area (Å²) >= 11 is 0. The van der Waals surface area contributed by atoms with Gasteiger partial charge in [-0.05, 0) is 49.6 Å². The molecule has 1 N–H and O–H groups in total. The first-order chi connectivity index (χ1) is 11.4. The predicted molar refractivity (Wildman–Crippen MR) is 89.5 cm³/mol. The lowest BCUT2D eigenvalue weighted by molar-refractivity contribution is 0.0980. The largest absolute Gasteiger partial charge is 0.439 e. The van der Waals surface area contributed by atoms with E-state index in [1.54, 1.807) is 24.4 Å². The molecule has 126 valence electrons. The first kappa shape index (κ1) is 16.4. The van der Waals surface area contributed by atoms with Crippen LogP contribution in [0.2, 0.25) is 0 Å². The number of amides is 1. The first-order valence-corrected chi connectivity index (χ1v) is 9.25. The van der Waals surface area contributed by atoms with Gasteiger partial charge in [0.25, 0.3) is 5.91 Å². The summed E-state index contributed by atoms with van der Waals surface area (Å²) in [6.07, 6.45) is 3.80. The van der Waals surface area contributed by atoms with Crippen LogP contribution >= 0.6 is 0 Å². The van der Waals surface area contributed by atoms with E-state index in [1.807, 2.05) is 13.0 Å². The van der Waals surface area contributed by atoms with Gasteiger partial charge < -0.3 is 4.74 Å². The quantitative estimate of drug-likeness (QED) is 0.900. The summed E-state index contributed by atoms with van der Waals surface area (Å²) in [7, 11) is -3.57. The van der Waals surface area contributed by atoms with E-state index in [0.29, 0.717) is 24.5 Å². The second kappa shape index (κ2) is 6.60. The lowest BCUT2D eigenvalue weighted by Gasteiger charge is -2.25. The number of carbonyl (C=O) groups excluding carboxylic acids is 1. The van der Waals surface area contributed by atoms with Gasteiger partial charge >= 0.3 is 0 Å². The number of rotatable bonds is 5. The number of ether oxygens (including phenoxy) is 1. The van der Waals surface area contributed by atoms with Gasteiger partial charge in [-0.1, -0.05) is 12.5 Å². The average molecular weight is 346 g/mol. The summed E-state index contributed by atoms with van der Waals surface area (Å²) < 4.78 is 31.6. The van der Waals surface area contributed by atoms with Gasteiger partial charge in [-0.25, -0.2) is 18.1 Å². The number of nitrogens with one attached hydrogen (secondary N) is 1. The molecule has 24 heavy (non-hydrogen) atoms. The summed E-state index contributed by atoms with van der Waals surface area (Å²) in [5.41, 5.74) is 1.30. The van der Waals surface area contributed by atoms with Gasteiger partial charge in [0, 0.05) is 17.8 Å². The number of pyridine rings is 1. The van der Waals surface area contributed by atoms with Crippen LogP contribution in [0, 0.1) is 6.92 Å². The van der Waals surface area contributed by atoms with E-state index in [4.69, 9.17) is 4.74 Å². The zero-order valence-electron chi connectivity index (χ0n) is 13.2. The number of sulfonamides is 1. The van der Waals surface area contributed by atoms with Crippen LogP contribution in [0.4, 0.5) is 0 Å². The van der Waals surface area contributed by atoms with Crippen molar-refractivity contribution < 1.29 is 17.9 Å². The molecule has 1 aromatic heterocycles. The Kier molecular flexibility index (Phi) is 4.53. The molecule has 6 nitrogen and oxygen atoms in total. The maximum absolute atomic E-state index is 12.1. The highest BCUT2D eigenvalue weighted by Crippen LogP contribution is 2.25. The Labute approximate surface area is 140 Å². The molecule has 0 bridgehead atoms. The molecule has 1 heterocycles. The molecule has 0 aliphatic heterocycles. The Hall–Kier alpha value is -2.41. The van der Waals surface area contributed by atoms with E-state index >= 15 is 0 Å². The number of benzene rings is 1. The van der Waals surface area contributed by atoms with E-state index in [1.165, 1.54) is 12.1 Å². The minimum atomic E-state index is -3.57. The molecule has 0 unspecified atom stereocenters. The van der Waals surface area contributed by atoms with Crippen molar-refractivity contribution in [3.8, 4) is 11.6 Å². The topological polar surface area (TPSA) is 85.4 Å². The van der Waals surface area contributed by atoms with Crippen LogP contribution in [0.3, 0.4) is 0 Å². The molecule has 1 saturated carbocycles. The van der Waals surface area contributed by atoms with E-state index in [-0.39, 0.29) is 5.56 Å². The van der Waals surface area contributed by atoms with Crippen LogP contribution < -0.4 is 9.46 Å². The molecule has 1 aliphatic carbocycles. The summed E-state index contributed by atoms with van der Waals surface area (Å²) in [5, 5.41) is -0.448. The van der Waals surface area contributed by atoms with Crippen molar-refractivity contribution in [3.63, 3.8) is 0 Å². The van der Waals surface area contributed by atoms with Crippen molar-refractivity contribution in [1.29, 1.82) is 0 Å². The van der Waals surface area contributed by atoms with Crippen LogP contribution in [-0.4, -0.2) is 24.6 Å². The average Bonchev–Trinajstić information content (AvgIpc) is 2.47. The van der Waals surface area contributed by atoms with Crippen molar-refractivity contribution in [2.45, 2.75) is 31.4 Å². The monoisotopic (exact) mass is 346 g/mol. The van der Waals surface area contributed by atoms with E-state index in [9.17, 15) is 13.2 Å². The van der Waals surface area contributed by atoms with Crippen molar-refractivity contribution >= 4 is 15.9 Å². The number of carbonyl (C=O) groups is 1. The van der Waals surface area contributed by atoms with E-state index in [0.717, 1.165) is 12.0 Å². The normalized spacial score (nSPS) is 14.7. The number of aromatic nitrogens is 1. The maximum atomic E-state index is 12.1. The van der Waals surface area contributed by atoms with Gasteiger partial charge in [0.05, 0.1) is 5.25 Å². The van der Waals surface area contributed by atoms with Crippen LogP contribution in [0.1, 0.15) is 35.2 Å². The zero-order valence-corrected chi connectivity index (χ0v) is 14.0. The molecule has 0 spiro atoms. The Balaban J connectivity index is 1.65. The van der Waals surface area contributed by atoms with Crippen LogP contribution in [0.15, 0.2) is 42.6 Å². The third-order valence-electron chi connectivity index (χ3n) is 3.95. The smallest absolute Gasteiger partial charge is 0.264 e. The van der Waals surface area contributed by atoms with Crippen LogP contribution in [-0.2, 0) is 10.0 Å². The van der Waals surface area contributed by atoms with Gasteiger partial charge in [-0.2, -0.15) is 0 Å². The third kappa shape index (κ3) is 3.73. The Morgan fingerprint density at radius 2 is 1.88 bits per heavy atom. The number of hydrogen-bond donors (Lipinski definition) is 1. The molecule has 1 aliphatic rings. The molecule has 0 atom stereocenters. The molecule has 0 saturated heterocycles. The Morgan fingerprint density at radius 3 is 2.42 bits per heavy atom. The second-order valence-corrected chi connectivity index (χ2v) is 7.79. The molecule has 1 aromatic carbocycles. The van der Waals surface area contributed by atoms with Gasteiger partial charge in [-0.15, -0.1) is 0 Å². The number of nitrogens with zero attached hydrogens (tertiary/aromatic N) is 1. The molecule has 7 heteroatoms. The molecule has 2 aromatic rings. The summed E-state index contributed by atoms with van der Waals surface area (Å²) in [4.78, 5) is 16.2. The van der Waals surface area contributed by atoms with Crippen molar-refractivity contribution in [2.75, 3.05) is 0 Å². The number of aryl methyl sites for hydroxylation is 1. The standard InChI is InChI=1S/C17H18N2O4S/c1-12-5-10-16(18-11-12)23-14-8-6-13(7-9-14)17(20)19-24(21,22)15-3-2-4-15/h5-11,15H,2-4H2,1H3,(H,19,20). The molecule has 1 fully saturated rings. The highest BCUT2D eigenvalue weighted by molar-refractivity contribution is 7.90. The molecule has 1 amide bonds. The lowest BCUT2D eigenvalue weighted by atomic mass is 10.0. The fourth-order valence-electron chi connectivity index (χ4n) is 2.26. The fourth-order valence-corrected chi connectivity index (χ4v) is 3.76. The molecule has 0 radical (unpaired) electrons. The molecule has 3 rings (SSSR count). The van der Waals surface area contributed by atoms with Crippen LogP contribution in [0.25, 0.3) is 0 Å². The number of hydrogen-bond acceptors (Lipinski definition) is 5. The molecular formula is C17H18N2O4S. The van der Waals surface area contributed by atoms with Crippen molar-refractivity contribution in [1.82, 2.24) is 9.71 Å². The Morgan fingerprint density at radius 1 is 1.17 bits per heavy atom. The second-order valence-electron chi connectivity index (χ2n) is 5.83. The highest BCUT2D eigenvalue weighted by Gasteiger charge is 2.32. The minimum Gasteiger partial charge on any atom is -0.439 e. The highest BCUT2D eigenvalue weighted by atomic mass is 32.2. The predicted octanol–water partition coefficient (Wildman–Crippen LogP) is 2.79. The third-order valence-corrected chi connectivity index (χ3v) is 5.77. The Bertz CT molecular complexity index is 826. The van der Waals surface area contributed by atoms with Crippen molar-refractivity contribution in [2.24, 2.45) is 0 Å². The van der Waals surface area contributed by atoms with E-state index in [2.05, 4.69) is 9.71 Å². The summed E-state index contributed by atoms with van der Waals surface area (Å²) in [5.74, 6) is 0.344. The van der Waals surface area contributed by atoms with Gasteiger partial charge in [-0.3, -0.25) is 4.79 Å². The first-order valence-electron chi connectivity index (χ1n) is 7.70. The van der Waals surface area contributed by atoms with E-state index < -0.39 is 21.2 Å². The SMILES string of the molecule is Cc1ccc(Oc2ccc(C(=O)NS(=O)(=O)C3CCC3)cc2)nc1. The lowest BCUT2D eigenvalue weighted by Crippen LogP contribution is -2.41. The van der Waals surface area contributed by atoms with Crippen molar-refractivity contribution in [3.05, 3.63) is 53.7 Å². The minimum absolute atomic E-state index is 0.266. The summed E-state index contributed by atoms with van der Waals surface area (Å²) in [6.45, 7) is 1.93. The zero-order chi connectivity index (χ0) is 17.2. The van der Waals surface area contributed by atoms with Gasteiger partial charge in [0.15, 0.2) is 0 Å². The fraction of sp³-hybridized carbons (Fsp3) is 0.294. The molecular weight excluding hydrogens is 328 g/mol.